The molecule has 1 atom stereocenters. The summed E-state index contributed by atoms with van der Waals surface area (Å²) in [4.78, 5) is 4.12. The van der Waals surface area contributed by atoms with Crippen molar-refractivity contribution in [2.45, 2.75) is 30.9 Å². The molecule has 0 aliphatic rings. The van der Waals surface area contributed by atoms with Crippen LogP contribution in [0.5, 0.6) is 5.75 Å². The minimum Gasteiger partial charge on any atom is -0.484 e. The second-order valence-electron chi connectivity index (χ2n) is 5.11. The highest BCUT2D eigenvalue weighted by Gasteiger charge is 2.13. The average Bonchev–Trinajstić information content (AvgIpc) is 3.01. The standard InChI is InChI=1S/C17H17N3O2S/c1-12-5-3-7-15(9-12)21-11-16-19-20-17(22-16)23-13(2)14-6-4-8-18-10-14/h3-10,13H,11H2,1-2H3. The Morgan fingerprint density at radius 3 is 2.91 bits per heavy atom. The number of benzene rings is 1. The monoisotopic (exact) mass is 327 g/mol. The summed E-state index contributed by atoms with van der Waals surface area (Å²) in [6.45, 7) is 4.36. The maximum atomic E-state index is 5.66. The molecule has 0 bridgehead atoms. The van der Waals surface area contributed by atoms with Gasteiger partial charge in [-0.05, 0) is 43.2 Å². The molecule has 1 aromatic carbocycles. The van der Waals surface area contributed by atoms with Crippen molar-refractivity contribution in [1.82, 2.24) is 15.2 Å². The number of rotatable bonds is 6. The largest absolute Gasteiger partial charge is 0.484 e. The van der Waals surface area contributed by atoms with E-state index in [9.17, 15) is 0 Å². The fourth-order valence-electron chi connectivity index (χ4n) is 2.03. The lowest BCUT2D eigenvalue weighted by Crippen LogP contribution is -1.95. The lowest BCUT2D eigenvalue weighted by atomic mass is 10.2. The Bertz CT molecular complexity index is 761. The maximum Gasteiger partial charge on any atom is 0.277 e. The van der Waals surface area contributed by atoms with Gasteiger partial charge in [-0.3, -0.25) is 4.98 Å². The Morgan fingerprint density at radius 1 is 1.22 bits per heavy atom. The fourth-order valence-corrected chi connectivity index (χ4v) is 2.84. The molecule has 118 valence electrons. The van der Waals surface area contributed by atoms with E-state index < -0.39 is 0 Å². The molecule has 0 N–H and O–H groups in total. The molecule has 0 fully saturated rings. The van der Waals surface area contributed by atoms with Crippen molar-refractivity contribution in [1.29, 1.82) is 0 Å². The van der Waals surface area contributed by atoms with E-state index in [4.69, 9.17) is 9.15 Å². The van der Waals surface area contributed by atoms with Gasteiger partial charge in [0.15, 0.2) is 6.61 Å². The zero-order valence-corrected chi connectivity index (χ0v) is 13.8. The molecule has 0 radical (unpaired) electrons. The Morgan fingerprint density at radius 2 is 2.13 bits per heavy atom. The quantitative estimate of drug-likeness (QED) is 0.632. The lowest BCUT2D eigenvalue weighted by molar-refractivity contribution is 0.252. The third-order valence-corrected chi connectivity index (χ3v) is 4.22. The van der Waals surface area contributed by atoms with Gasteiger partial charge in [-0.2, -0.15) is 0 Å². The summed E-state index contributed by atoms with van der Waals surface area (Å²) < 4.78 is 11.3. The Kier molecular flexibility index (Phi) is 4.92. The number of hydrogen-bond acceptors (Lipinski definition) is 6. The van der Waals surface area contributed by atoms with Crippen molar-refractivity contribution in [3.63, 3.8) is 0 Å². The van der Waals surface area contributed by atoms with Gasteiger partial charge in [0.2, 0.25) is 0 Å². The van der Waals surface area contributed by atoms with Crippen LogP contribution in [-0.4, -0.2) is 15.2 Å². The molecular formula is C17H17N3O2S. The minimum atomic E-state index is 0.190. The van der Waals surface area contributed by atoms with E-state index in [1.165, 1.54) is 11.8 Å². The van der Waals surface area contributed by atoms with Crippen molar-refractivity contribution in [2.24, 2.45) is 0 Å². The van der Waals surface area contributed by atoms with Crippen LogP contribution >= 0.6 is 11.8 Å². The molecule has 0 saturated carbocycles. The van der Waals surface area contributed by atoms with Crippen molar-refractivity contribution in [2.75, 3.05) is 0 Å². The smallest absolute Gasteiger partial charge is 0.277 e. The molecule has 3 aromatic rings. The van der Waals surface area contributed by atoms with Crippen molar-refractivity contribution in [3.8, 4) is 5.75 Å². The molecule has 0 aliphatic heterocycles. The summed E-state index contributed by atoms with van der Waals surface area (Å²) in [5.74, 6) is 1.26. The van der Waals surface area contributed by atoms with E-state index in [0.29, 0.717) is 11.1 Å². The summed E-state index contributed by atoms with van der Waals surface area (Å²) in [6.07, 6.45) is 3.60. The van der Waals surface area contributed by atoms with Crippen LogP contribution in [0.2, 0.25) is 0 Å². The van der Waals surface area contributed by atoms with Crippen LogP contribution < -0.4 is 4.74 Å². The van der Waals surface area contributed by atoms with Gasteiger partial charge in [0.1, 0.15) is 5.75 Å². The predicted octanol–water partition coefficient (Wildman–Crippen LogP) is 4.21. The zero-order chi connectivity index (χ0) is 16.1. The fraction of sp³-hybridized carbons (Fsp3) is 0.235. The number of thioether (sulfide) groups is 1. The van der Waals surface area contributed by atoms with E-state index in [-0.39, 0.29) is 11.9 Å². The van der Waals surface area contributed by atoms with Gasteiger partial charge in [-0.1, -0.05) is 30.0 Å². The molecule has 23 heavy (non-hydrogen) atoms. The highest BCUT2D eigenvalue weighted by molar-refractivity contribution is 7.99. The van der Waals surface area contributed by atoms with Gasteiger partial charge in [-0.25, -0.2) is 0 Å². The molecule has 6 heteroatoms. The number of aryl methyl sites for hydroxylation is 1. The topological polar surface area (TPSA) is 61.0 Å². The first-order chi connectivity index (χ1) is 11.2. The second kappa shape index (κ2) is 7.28. The lowest BCUT2D eigenvalue weighted by Gasteiger charge is -2.07. The summed E-state index contributed by atoms with van der Waals surface area (Å²) in [5.41, 5.74) is 2.27. The second-order valence-corrected chi connectivity index (χ2v) is 6.41. The first-order valence-electron chi connectivity index (χ1n) is 7.29. The van der Waals surface area contributed by atoms with Gasteiger partial charge in [-0.15, -0.1) is 10.2 Å². The maximum absolute atomic E-state index is 5.66. The first kappa shape index (κ1) is 15.6. The summed E-state index contributed by atoms with van der Waals surface area (Å²) in [7, 11) is 0. The van der Waals surface area contributed by atoms with Crippen molar-refractivity contribution in [3.05, 3.63) is 65.8 Å². The van der Waals surface area contributed by atoms with Gasteiger partial charge >= 0.3 is 0 Å². The molecular weight excluding hydrogens is 310 g/mol. The number of aromatic nitrogens is 3. The van der Waals surface area contributed by atoms with Gasteiger partial charge in [0.05, 0.1) is 0 Å². The summed E-state index contributed by atoms with van der Waals surface area (Å²) in [5, 5.41) is 8.80. The first-order valence-corrected chi connectivity index (χ1v) is 8.17. The summed E-state index contributed by atoms with van der Waals surface area (Å²) in [6, 6.07) is 11.8. The van der Waals surface area contributed by atoms with E-state index in [1.54, 1.807) is 6.20 Å². The van der Waals surface area contributed by atoms with Crippen LogP contribution in [0.3, 0.4) is 0 Å². The van der Waals surface area contributed by atoms with Gasteiger partial charge < -0.3 is 9.15 Å². The molecule has 2 heterocycles. The van der Waals surface area contributed by atoms with E-state index in [0.717, 1.165) is 16.9 Å². The Hall–Kier alpha value is -2.34. The third-order valence-electron chi connectivity index (χ3n) is 3.23. The normalized spacial score (nSPS) is 12.1. The molecule has 5 nitrogen and oxygen atoms in total. The van der Waals surface area contributed by atoms with E-state index in [1.807, 2.05) is 49.5 Å². The molecule has 2 aromatic heterocycles. The SMILES string of the molecule is Cc1cccc(OCc2nnc(SC(C)c3cccnc3)o2)c1. The molecule has 0 aliphatic carbocycles. The average molecular weight is 327 g/mol. The molecule has 0 spiro atoms. The van der Waals surface area contributed by atoms with Crippen LogP contribution in [0.4, 0.5) is 0 Å². The van der Waals surface area contributed by atoms with E-state index in [2.05, 4.69) is 22.1 Å². The summed E-state index contributed by atoms with van der Waals surface area (Å²) >= 11 is 1.51. The van der Waals surface area contributed by atoms with Crippen LogP contribution in [-0.2, 0) is 6.61 Å². The van der Waals surface area contributed by atoms with Crippen LogP contribution in [0.1, 0.15) is 29.2 Å². The van der Waals surface area contributed by atoms with Gasteiger partial charge in [0.25, 0.3) is 11.1 Å². The van der Waals surface area contributed by atoms with Crippen molar-refractivity contribution >= 4 is 11.8 Å². The zero-order valence-electron chi connectivity index (χ0n) is 13.0. The highest BCUT2D eigenvalue weighted by atomic mass is 32.2. The predicted molar refractivity (Wildman–Crippen MR) is 88.3 cm³/mol. The number of pyridine rings is 1. The Balaban J connectivity index is 1.58. The van der Waals surface area contributed by atoms with E-state index >= 15 is 0 Å². The molecule has 0 amide bonds. The van der Waals surface area contributed by atoms with Crippen LogP contribution in [0.15, 0.2) is 58.4 Å². The third kappa shape index (κ3) is 4.32. The van der Waals surface area contributed by atoms with Crippen LogP contribution in [0, 0.1) is 6.92 Å². The van der Waals surface area contributed by atoms with Gasteiger partial charge in [0, 0.05) is 17.6 Å². The molecule has 0 saturated heterocycles. The Labute approximate surface area is 139 Å². The van der Waals surface area contributed by atoms with Crippen LogP contribution in [0.25, 0.3) is 0 Å². The minimum absolute atomic E-state index is 0.190. The molecule has 3 rings (SSSR count). The number of ether oxygens (including phenoxy) is 1. The van der Waals surface area contributed by atoms with Crippen molar-refractivity contribution < 1.29 is 9.15 Å². The number of hydrogen-bond donors (Lipinski definition) is 0. The molecule has 1 unspecified atom stereocenters. The number of nitrogens with zero attached hydrogens (tertiary/aromatic N) is 3. The highest BCUT2D eigenvalue weighted by Crippen LogP contribution is 2.33.